The number of nitrogens with one attached hydrogen (secondary N) is 1. The van der Waals surface area contributed by atoms with Gasteiger partial charge in [0.25, 0.3) is 5.91 Å². The fraction of sp³-hybridized carbons (Fsp3) is 0.375. The average Bonchev–Trinajstić information content (AvgIpc) is 3.38. The molecule has 3 aromatic rings. The summed E-state index contributed by atoms with van der Waals surface area (Å²) in [6.07, 6.45) is 0.379. The standard InChI is InChI=1S/C32H36FN5O5/c1-36-18-30(40)38-17-24(34)15-25(38)19-43-28-11-9-23(33)14-26(28)32(42)37(2)27(10-12-29(36)39)31(41)35-16-20-7-8-21-5-3-4-6-22(21)13-20/h3-9,11,13-14,24-25,27H,10,12,15-19,34H2,1-2H3,(H,35,41)/t24-,25+,27-/m1/s1. The molecule has 3 aromatic carbocycles. The molecule has 3 N–H and O–H groups in total. The molecule has 1 saturated heterocycles. The fourth-order valence-electron chi connectivity index (χ4n) is 5.72. The van der Waals surface area contributed by atoms with Gasteiger partial charge in [-0.2, -0.15) is 0 Å². The molecule has 5 rings (SSSR count). The van der Waals surface area contributed by atoms with Gasteiger partial charge in [-0.15, -0.1) is 0 Å². The van der Waals surface area contributed by atoms with Gasteiger partial charge in [0.05, 0.1) is 18.2 Å². The van der Waals surface area contributed by atoms with E-state index in [1.165, 1.54) is 36.0 Å². The summed E-state index contributed by atoms with van der Waals surface area (Å²) in [6, 6.07) is 15.7. The third-order valence-corrected chi connectivity index (χ3v) is 8.17. The zero-order chi connectivity index (χ0) is 30.7. The summed E-state index contributed by atoms with van der Waals surface area (Å²) in [5.41, 5.74) is 6.94. The molecule has 0 bridgehead atoms. The van der Waals surface area contributed by atoms with Gasteiger partial charge in [-0.3, -0.25) is 19.2 Å². The van der Waals surface area contributed by atoms with Crippen molar-refractivity contribution < 1.29 is 28.3 Å². The molecule has 1 fully saturated rings. The van der Waals surface area contributed by atoms with Crippen LogP contribution in [0.5, 0.6) is 5.75 Å². The molecule has 3 atom stereocenters. The van der Waals surface area contributed by atoms with Gasteiger partial charge in [0, 0.05) is 39.6 Å². The lowest BCUT2D eigenvalue weighted by atomic mass is 10.0. The van der Waals surface area contributed by atoms with Crippen LogP contribution in [0.25, 0.3) is 10.8 Å². The van der Waals surface area contributed by atoms with Crippen molar-refractivity contribution in [2.75, 3.05) is 33.8 Å². The topological polar surface area (TPSA) is 125 Å². The maximum Gasteiger partial charge on any atom is 0.258 e. The SMILES string of the molecule is CN1CC(=O)N2C[C@H](N)C[C@H]2COc2ccc(F)cc2C(=O)N(C)[C@@H](C(=O)NCc2ccc3ccccc3c2)CCC1=O. The third-order valence-electron chi connectivity index (χ3n) is 8.17. The largest absolute Gasteiger partial charge is 0.491 e. The van der Waals surface area contributed by atoms with Gasteiger partial charge in [-0.25, -0.2) is 4.39 Å². The maximum atomic E-state index is 14.4. The molecule has 4 amide bonds. The minimum atomic E-state index is -1.05. The van der Waals surface area contributed by atoms with Crippen molar-refractivity contribution >= 4 is 34.4 Å². The van der Waals surface area contributed by atoms with Crippen LogP contribution in [0.15, 0.2) is 60.7 Å². The van der Waals surface area contributed by atoms with Crippen molar-refractivity contribution in [2.45, 2.75) is 43.9 Å². The number of carbonyl (C=O) groups excluding carboxylic acids is 4. The molecule has 0 aromatic heterocycles. The molecule has 11 heteroatoms. The number of nitrogens with zero attached hydrogens (tertiary/aromatic N) is 3. The van der Waals surface area contributed by atoms with E-state index < -0.39 is 23.7 Å². The monoisotopic (exact) mass is 589 g/mol. The Morgan fingerprint density at radius 3 is 2.58 bits per heavy atom. The van der Waals surface area contributed by atoms with Gasteiger partial charge in [0.15, 0.2) is 0 Å². The number of likely N-dealkylation sites (N-methyl/N-ethyl adjacent to an activating group) is 2. The van der Waals surface area contributed by atoms with Crippen LogP contribution in [0.3, 0.4) is 0 Å². The first kappa shape index (κ1) is 30.0. The molecule has 2 aliphatic heterocycles. The second-order valence-corrected chi connectivity index (χ2v) is 11.3. The van der Waals surface area contributed by atoms with E-state index in [0.717, 1.165) is 22.4 Å². The van der Waals surface area contributed by atoms with E-state index in [1.807, 2.05) is 42.5 Å². The maximum absolute atomic E-state index is 14.4. The lowest BCUT2D eigenvalue weighted by molar-refractivity contribution is -0.140. The Kier molecular flexibility index (Phi) is 8.91. The lowest BCUT2D eigenvalue weighted by Crippen LogP contribution is -2.48. The van der Waals surface area contributed by atoms with E-state index in [2.05, 4.69) is 5.32 Å². The number of benzene rings is 3. The molecule has 0 saturated carbocycles. The van der Waals surface area contributed by atoms with Crippen LogP contribution in [0.4, 0.5) is 4.39 Å². The molecule has 0 radical (unpaired) electrons. The highest BCUT2D eigenvalue weighted by molar-refractivity contribution is 5.99. The van der Waals surface area contributed by atoms with E-state index >= 15 is 0 Å². The number of fused-ring (bicyclic) bond motifs is 3. The summed E-state index contributed by atoms with van der Waals surface area (Å²) in [7, 11) is 2.98. The summed E-state index contributed by atoms with van der Waals surface area (Å²) in [5, 5.41) is 4.99. The van der Waals surface area contributed by atoms with Crippen LogP contribution >= 0.6 is 0 Å². The quantitative estimate of drug-likeness (QED) is 0.483. The van der Waals surface area contributed by atoms with Crippen LogP contribution in [0.1, 0.15) is 35.2 Å². The smallest absolute Gasteiger partial charge is 0.258 e. The second kappa shape index (κ2) is 12.8. The first-order valence-corrected chi connectivity index (χ1v) is 14.3. The normalized spacial score (nSPS) is 22.0. The highest BCUT2D eigenvalue weighted by atomic mass is 19.1. The van der Waals surface area contributed by atoms with E-state index in [4.69, 9.17) is 10.5 Å². The molecule has 0 aliphatic carbocycles. The van der Waals surface area contributed by atoms with Crippen molar-refractivity contribution in [1.82, 2.24) is 20.0 Å². The Hall–Kier alpha value is -4.51. The molecule has 43 heavy (non-hydrogen) atoms. The molecule has 226 valence electrons. The number of rotatable bonds is 3. The van der Waals surface area contributed by atoms with Crippen LogP contribution in [0, 0.1) is 5.82 Å². The summed E-state index contributed by atoms with van der Waals surface area (Å²) < 4.78 is 20.4. The van der Waals surface area contributed by atoms with Crippen LogP contribution < -0.4 is 15.8 Å². The van der Waals surface area contributed by atoms with Gasteiger partial charge in [0.2, 0.25) is 17.7 Å². The number of amides is 4. The number of ether oxygens (including phenoxy) is 1. The highest BCUT2D eigenvalue weighted by Crippen LogP contribution is 2.26. The first-order chi connectivity index (χ1) is 20.6. The number of halogens is 1. The van der Waals surface area contributed by atoms with Gasteiger partial charge in [-0.05, 0) is 53.4 Å². The van der Waals surface area contributed by atoms with Crippen molar-refractivity contribution in [3.63, 3.8) is 0 Å². The predicted octanol–water partition coefficient (Wildman–Crippen LogP) is 2.30. The molecule has 2 heterocycles. The third kappa shape index (κ3) is 6.77. The van der Waals surface area contributed by atoms with Crippen molar-refractivity contribution in [3.8, 4) is 5.75 Å². The highest BCUT2D eigenvalue weighted by Gasteiger charge is 2.36. The summed E-state index contributed by atoms with van der Waals surface area (Å²) in [4.78, 5) is 57.7. The van der Waals surface area contributed by atoms with Gasteiger partial charge in [0.1, 0.15) is 24.2 Å². The van der Waals surface area contributed by atoms with Crippen molar-refractivity contribution in [2.24, 2.45) is 5.73 Å². The summed E-state index contributed by atoms with van der Waals surface area (Å²) in [6.45, 7) is 0.393. The van der Waals surface area contributed by atoms with E-state index in [-0.39, 0.29) is 67.7 Å². The molecular weight excluding hydrogens is 553 g/mol. The van der Waals surface area contributed by atoms with Crippen LogP contribution in [-0.4, -0.2) is 90.2 Å². The first-order valence-electron chi connectivity index (χ1n) is 14.3. The second-order valence-electron chi connectivity index (χ2n) is 11.3. The average molecular weight is 590 g/mol. The van der Waals surface area contributed by atoms with E-state index in [0.29, 0.717) is 13.0 Å². The molecule has 0 spiro atoms. The fourth-order valence-corrected chi connectivity index (χ4v) is 5.72. The van der Waals surface area contributed by atoms with Gasteiger partial charge < -0.3 is 30.5 Å². The molecule has 2 aliphatic rings. The van der Waals surface area contributed by atoms with E-state index in [1.54, 1.807) is 4.90 Å². The Morgan fingerprint density at radius 1 is 1.02 bits per heavy atom. The van der Waals surface area contributed by atoms with E-state index in [9.17, 15) is 23.6 Å². The Bertz CT molecular complexity index is 1550. The van der Waals surface area contributed by atoms with Gasteiger partial charge in [-0.1, -0.05) is 36.4 Å². The van der Waals surface area contributed by atoms with Gasteiger partial charge >= 0.3 is 0 Å². The molecule has 10 nitrogen and oxygen atoms in total. The van der Waals surface area contributed by atoms with Crippen LogP contribution in [0.2, 0.25) is 0 Å². The van der Waals surface area contributed by atoms with Crippen LogP contribution in [-0.2, 0) is 20.9 Å². The number of carbonyl (C=O) groups is 4. The zero-order valence-electron chi connectivity index (χ0n) is 24.3. The summed E-state index contributed by atoms with van der Waals surface area (Å²) >= 11 is 0. The summed E-state index contributed by atoms with van der Waals surface area (Å²) in [5.74, 6) is -2.23. The van der Waals surface area contributed by atoms with Crippen molar-refractivity contribution in [3.05, 3.63) is 77.6 Å². The minimum Gasteiger partial charge on any atom is -0.491 e. The Labute approximate surface area is 249 Å². The predicted molar refractivity (Wildman–Crippen MR) is 159 cm³/mol. The number of hydrogen-bond acceptors (Lipinski definition) is 6. The Balaban J connectivity index is 1.41. The number of hydrogen-bond donors (Lipinski definition) is 2. The minimum absolute atomic E-state index is 0.00806. The number of nitrogens with two attached hydrogens (primary N) is 1. The van der Waals surface area contributed by atoms with Crippen molar-refractivity contribution in [1.29, 1.82) is 0 Å². The Morgan fingerprint density at radius 2 is 1.79 bits per heavy atom. The molecular formula is C32H36FN5O5. The lowest BCUT2D eigenvalue weighted by Gasteiger charge is -2.28. The molecule has 0 unspecified atom stereocenters. The zero-order valence-corrected chi connectivity index (χ0v) is 24.3.